The largest absolute Gasteiger partial charge is 0.293 e. The highest BCUT2D eigenvalue weighted by Gasteiger charge is 3.04. The molecule has 1 saturated carbocycles. The number of rotatable bonds is 1. The average molecular weight is 319 g/mol. The van der Waals surface area contributed by atoms with Gasteiger partial charge in [-0.05, 0) is 19.1 Å². The molecule has 1 aliphatic carbocycles. The van der Waals surface area contributed by atoms with E-state index in [0.29, 0.717) is 5.69 Å². The molecule has 2 heterocycles. The number of imide groups is 1. The Labute approximate surface area is 136 Å². The van der Waals surface area contributed by atoms with E-state index in [1.165, 1.54) is 6.92 Å². The van der Waals surface area contributed by atoms with Gasteiger partial charge in [-0.25, -0.2) is 0 Å². The monoisotopic (exact) mass is 319 g/mol. The van der Waals surface area contributed by atoms with Gasteiger partial charge in [0.25, 0.3) is 17.7 Å². The summed E-state index contributed by atoms with van der Waals surface area (Å²) in [7, 11) is 0. The Balaban J connectivity index is 1.96. The molecule has 1 spiro atoms. The van der Waals surface area contributed by atoms with Crippen molar-refractivity contribution >= 4 is 29.1 Å². The van der Waals surface area contributed by atoms with E-state index in [1.54, 1.807) is 42.5 Å². The Hall–Kier alpha value is -3.52. The van der Waals surface area contributed by atoms with Crippen LogP contribution in [-0.2, 0) is 14.4 Å². The van der Waals surface area contributed by atoms with E-state index in [-0.39, 0.29) is 5.71 Å². The van der Waals surface area contributed by atoms with E-state index in [9.17, 15) is 24.9 Å². The van der Waals surface area contributed by atoms with Gasteiger partial charge in [-0.15, -0.1) is 0 Å². The molecular formula is C16H9N5O3. The molecule has 1 saturated heterocycles. The van der Waals surface area contributed by atoms with Crippen molar-refractivity contribution in [2.24, 2.45) is 21.3 Å². The molecule has 1 aromatic rings. The molecule has 4 rings (SSSR count). The molecule has 24 heavy (non-hydrogen) atoms. The highest BCUT2D eigenvalue weighted by molar-refractivity contribution is 6.37. The fourth-order valence-corrected chi connectivity index (χ4v) is 4.16. The van der Waals surface area contributed by atoms with Gasteiger partial charge < -0.3 is 0 Å². The summed E-state index contributed by atoms with van der Waals surface area (Å²) in [6, 6.07) is 12.0. The first-order valence-corrected chi connectivity index (χ1v) is 7.09. The summed E-state index contributed by atoms with van der Waals surface area (Å²) in [5.74, 6) is -2.55. The minimum atomic E-state index is -2.07. The molecule has 0 aromatic heterocycles. The Morgan fingerprint density at radius 2 is 1.58 bits per heavy atom. The van der Waals surface area contributed by atoms with Crippen LogP contribution in [0.5, 0.6) is 0 Å². The minimum Gasteiger partial charge on any atom is -0.293 e. The molecule has 0 radical (unpaired) electrons. The lowest BCUT2D eigenvalue weighted by molar-refractivity contribution is -0.134. The molecule has 8 nitrogen and oxygen atoms in total. The van der Waals surface area contributed by atoms with Gasteiger partial charge in [0.05, 0.1) is 23.5 Å². The average Bonchev–Trinajstić information content (AvgIpc) is 2.98. The van der Waals surface area contributed by atoms with Crippen LogP contribution in [0.4, 0.5) is 5.69 Å². The Kier molecular flexibility index (Phi) is 2.27. The number of anilines is 1. The third kappa shape index (κ3) is 0.991. The first kappa shape index (κ1) is 14.1. The molecule has 116 valence electrons. The molecular weight excluding hydrogens is 310 g/mol. The number of fused-ring (bicyclic) bond motifs is 3. The topological polar surface area (TPSA) is 126 Å². The van der Waals surface area contributed by atoms with Crippen molar-refractivity contribution in [3.05, 3.63) is 30.3 Å². The first-order chi connectivity index (χ1) is 11.5. The predicted molar refractivity (Wildman–Crippen MR) is 78.7 cm³/mol. The zero-order valence-electron chi connectivity index (χ0n) is 12.4. The van der Waals surface area contributed by atoms with Gasteiger partial charge in [0.2, 0.25) is 0 Å². The Bertz CT molecular complexity index is 916. The first-order valence-electron chi connectivity index (χ1n) is 7.09. The fraction of sp³-hybridized carbons (Fsp3) is 0.250. The van der Waals surface area contributed by atoms with Crippen molar-refractivity contribution in [1.29, 1.82) is 10.5 Å². The Morgan fingerprint density at radius 1 is 1.04 bits per heavy atom. The molecule has 3 aliphatic rings. The van der Waals surface area contributed by atoms with Gasteiger partial charge in [-0.2, -0.15) is 20.6 Å². The van der Waals surface area contributed by atoms with Crippen molar-refractivity contribution in [2.75, 3.05) is 5.01 Å². The van der Waals surface area contributed by atoms with Gasteiger partial charge in [-0.1, -0.05) is 18.2 Å². The van der Waals surface area contributed by atoms with Crippen LogP contribution in [-0.4, -0.2) is 23.4 Å². The van der Waals surface area contributed by atoms with Crippen LogP contribution >= 0.6 is 0 Å². The lowest BCUT2D eigenvalue weighted by Gasteiger charge is -2.18. The zero-order chi connectivity index (χ0) is 17.3. The van der Waals surface area contributed by atoms with Crippen LogP contribution in [0.25, 0.3) is 0 Å². The highest BCUT2D eigenvalue weighted by Crippen LogP contribution is 2.82. The number of para-hydroxylation sites is 1. The van der Waals surface area contributed by atoms with Crippen LogP contribution in [0, 0.1) is 38.9 Å². The van der Waals surface area contributed by atoms with Crippen molar-refractivity contribution in [3.63, 3.8) is 0 Å². The number of nitrogens with zero attached hydrogens (tertiary/aromatic N) is 4. The van der Waals surface area contributed by atoms with Gasteiger partial charge in [0.1, 0.15) is 0 Å². The predicted octanol–water partition coefficient (Wildman–Crippen LogP) is 0.0855. The van der Waals surface area contributed by atoms with Crippen molar-refractivity contribution in [1.82, 2.24) is 5.32 Å². The summed E-state index contributed by atoms with van der Waals surface area (Å²) in [5.41, 5.74) is -5.46. The molecule has 2 aliphatic heterocycles. The number of amides is 3. The summed E-state index contributed by atoms with van der Waals surface area (Å²) in [6.07, 6.45) is 0. The van der Waals surface area contributed by atoms with E-state index in [2.05, 4.69) is 5.10 Å². The number of piperidine rings is 1. The van der Waals surface area contributed by atoms with Crippen LogP contribution < -0.4 is 10.3 Å². The SMILES string of the molecule is CC1=NN(c2ccccc2)C(=O)C12C1(C#N)C(=O)NC(=O)C12C#N. The number of carbonyl (C=O) groups is 3. The lowest BCUT2D eigenvalue weighted by atomic mass is 9.86. The van der Waals surface area contributed by atoms with Gasteiger partial charge in [0, 0.05) is 0 Å². The van der Waals surface area contributed by atoms with E-state index >= 15 is 0 Å². The number of hydrogen-bond acceptors (Lipinski definition) is 6. The Morgan fingerprint density at radius 3 is 2.08 bits per heavy atom. The maximum absolute atomic E-state index is 13.1. The number of benzene rings is 1. The normalized spacial score (nSPS) is 36.0. The van der Waals surface area contributed by atoms with E-state index in [1.807, 2.05) is 5.32 Å². The summed E-state index contributed by atoms with van der Waals surface area (Å²) in [4.78, 5) is 37.7. The van der Waals surface area contributed by atoms with Crippen LogP contribution in [0.2, 0.25) is 0 Å². The fourth-order valence-electron chi connectivity index (χ4n) is 4.16. The maximum atomic E-state index is 13.1. The summed E-state index contributed by atoms with van der Waals surface area (Å²) >= 11 is 0. The van der Waals surface area contributed by atoms with Crippen LogP contribution in [0.15, 0.2) is 35.4 Å². The number of nitriles is 2. The number of nitrogens with one attached hydrogen (secondary N) is 1. The number of hydrazone groups is 1. The third-order valence-electron chi connectivity index (χ3n) is 5.18. The van der Waals surface area contributed by atoms with Crippen molar-refractivity contribution in [2.45, 2.75) is 6.92 Å². The minimum absolute atomic E-state index is 0.114. The lowest BCUT2D eigenvalue weighted by Crippen LogP contribution is -2.45. The number of hydrogen-bond donors (Lipinski definition) is 1. The maximum Gasteiger partial charge on any atom is 0.263 e. The summed E-state index contributed by atoms with van der Waals surface area (Å²) < 4.78 is 0. The zero-order valence-corrected chi connectivity index (χ0v) is 12.4. The number of carbonyl (C=O) groups excluding carboxylic acids is 3. The summed E-state index contributed by atoms with van der Waals surface area (Å²) in [6.45, 7) is 1.46. The second-order valence-electron chi connectivity index (χ2n) is 5.89. The van der Waals surface area contributed by atoms with Crippen molar-refractivity contribution < 1.29 is 14.4 Å². The quantitative estimate of drug-likeness (QED) is 0.734. The van der Waals surface area contributed by atoms with E-state index in [4.69, 9.17) is 0 Å². The van der Waals surface area contributed by atoms with Gasteiger partial charge in [0.15, 0.2) is 16.2 Å². The second-order valence-corrected chi connectivity index (χ2v) is 5.89. The molecule has 1 N–H and O–H groups in total. The van der Waals surface area contributed by atoms with Crippen LogP contribution in [0.1, 0.15) is 6.92 Å². The summed E-state index contributed by atoms with van der Waals surface area (Å²) in [5, 5.41) is 26.5. The molecule has 2 fully saturated rings. The van der Waals surface area contributed by atoms with Gasteiger partial charge in [-0.3, -0.25) is 19.7 Å². The molecule has 3 amide bonds. The van der Waals surface area contributed by atoms with E-state index in [0.717, 1.165) is 5.01 Å². The third-order valence-corrected chi connectivity index (χ3v) is 5.18. The molecule has 2 unspecified atom stereocenters. The second kappa shape index (κ2) is 3.87. The van der Waals surface area contributed by atoms with E-state index < -0.39 is 34.0 Å². The molecule has 1 aromatic carbocycles. The standard InChI is InChI=1S/C16H9N5O3/c1-9-16(13(24)21(20-9)10-5-3-2-4-6-10)14(7-17)11(22)19-12(23)15(14,16)8-18/h2-6H,1H3,(H,19,22,23). The molecule has 0 bridgehead atoms. The molecule has 8 heteroatoms. The van der Waals surface area contributed by atoms with Gasteiger partial charge >= 0.3 is 0 Å². The highest BCUT2D eigenvalue weighted by atomic mass is 16.2. The molecule has 2 atom stereocenters. The smallest absolute Gasteiger partial charge is 0.263 e. The van der Waals surface area contributed by atoms with Crippen LogP contribution in [0.3, 0.4) is 0 Å². The van der Waals surface area contributed by atoms with Crippen molar-refractivity contribution in [3.8, 4) is 12.1 Å².